The van der Waals surface area contributed by atoms with Gasteiger partial charge in [-0.3, -0.25) is 4.39 Å². The van der Waals surface area contributed by atoms with Crippen LogP contribution >= 0.6 is 0 Å². The van der Waals surface area contributed by atoms with E-state index in [1.807, 2.05) is 0 Å². The number of benzene rings is 2. The van der Waals surface area contributed by atoms with Gasteiger partial charge in [-0.1, -0.05) is 6.07 Å². The van der Waals surface area contributed by atoms with E-state index in [0.29, 0.717) is 36.8 Å². The Morgan fingerprint density at radius 1 is 1.03 bits per heavy atom. The van der Waals surface area contributed by atoms with Gasteiger partial charge in [-0.2, -0.15) is 8.78 Å². The van der Waals surface area contributed by atoms with Crippen LogP contribution in [0.3, 0.4) is 0 Å². The molecule has 0 bridgehead atoms. The number of alkyl halides is 1. The molecule has 30 heavy (non-hydrogen) atoms. The smallest absolute Gasteiger partial charge is 0.207 e. The Balaban J connectivity index is 1.59. The first-order valence-electron chi connectivity index (χ1n) is 10.3. The Morgan fingerprint density at radius 3 is 2.53 bits per heavy atom. The second kappa shape index (κ2) is 8.84. The molecule has 0 spiro atoms. The summed E-state index contributed by atoms with van der Waals surface area (Å²) in [6, 6.07) is 4.78. The van der Waals surface area contributed by atoms with Crippen molar-refractivity contribution in [1.29, 1.82) is 0 Å². The average Bonchev–Trinajstić information content (AvgIpc) is 2.76. The summed E-state index contributed by atoms with van der Waals surface area (Å²) in [4.78, 5) is 0. The number of hydrogen-bond acceptors (Lipinski definition) is 3. The molecular weight excluding hydrogens is 400 g/mol. The fraction of sp³-hybridized carbons (Fsp3) is 0.478. The lowest BCUT2D eigenvalue weighted by Crippen LogP contribution is -2.26. The van der Waals surface area contributed by atoms with Crippen molar-refractivity contribution in [2.75, 3.05) is 19.9 Å². The fourth-order valence-electron chi connectivity index (χ4n) is 4.21. The molecule has 0 saturated carbocycles. The van der Waals surface area contributed by atoms with E-state index < -0.39 is 17.5 Å². The molecule has 2 unspecified atom stereocenters. The van der Waals surface area contributed by atoms with Crippen LogP contribution in [0, 0.1) is 17.5 Å². The molecule has 1 fully saturated rings. The van der Waals surface area contributed by atoms with E-state index in [1.54, 1.807) is 19.1 Å². The highest BCUT2D eigenvalue weighted by atomic mass is 19.2. The summed E-state index contributed by atoms with van der Waals surface area (Å²) >= 11 is 0. The maximum atomic E-state index is 14.9. The summed E-state index contributed by atoms with van der Waals surface area (Å²) in [5.41, 5.74) is 1.26. The third kappa shape index (κ3) is 3.87. The monoisotopic (exact) mass is 424 g/mol. The fourth-order valence-corrected chi connectivity index (χ4v) is 4.21. The van der Waals surface area contributed by atoms with E-state index in [9.17, 15) is 17.6 Å². The molecule has 162 valence electrons. The van der Waals surface area contributed by atoms with E-state index in [1.165, 1.54) is 6.07 Å². The second-order valence-electron chi connectivity index (χ2n) is 7.72. The molecule has 0 N–H and O–H groups in total. The highest BCUT2D eigenvalue weighted by molar-refractivity contribution is 5.55. The molecule has 3 nitrogen and oxygen atoms in total. The summed E-state index contributed by atoms with van der Waals surface area (Å²) in [7, 11) is 0. The van der Waals surface area contributed by atoms with Gasteiger partial charge in [0.2, 0.25) is 11.6 Å². The molecule has 0 radical (unpaired) electrons. The Labute approximate surface area is 172 Å². The van der Waals surface area contributed by atoms with Gasteiger partial charge in [0, 0.05) is 23.5 Å². The molecule has 4 rings (SSSR count). The Bertz CT molecular complexity index is 923. The van der Waals surface area contributed by atoms with Gasteiger partial charge in [0.15, 0.2) is 23.1 Å². The standard InChI is InChI=1S/C23H24F4O3/c1-2-28-18-8-6-13-10-15-11-17(14-5-7-16(29-12-14)4-3-9-24)19(25)21(27)23(15)30-22(13)20(18)26/h6,8,11,14,16H,2-5,7,9-10,12H2,1H3. The molecule has 2 aromatic carbocycles. The van der Waals surface area contributed by atoms with Crippen LogP contribution in [0.15, 0.2) is 18.2 Å². The van der Waals surface area contributed by atoms with Crippen molar-refractivity contribution in [3.63, 3.8) is 0 Å². The maximum absolute atomic E-state index is 14.9. The summed E-state index contributed by atoms with van der Waals surface area (Å²) in [6.45, 7) is 1.87. The topological polar surface area (TPSA) is 27.7 Å². The quantitative estimate of drug-likeness (QED) is 0.440. The zero-order valence-electron chi connectivity index (χ0n) is 16.8. The molecule has 0 amide bonds. The SMILES string of the molecule is CCOc1ccc2c(c1F)Oc1c(cc(C3CCC(CCCF)OC3)c(F)c1F)C2. The molecule has 2 aromatic rings. The predicted octanol–water partition coefficient (Wildman–Crippen LogP) is 6.21. The summed E-state index contributed by atoms with van der Waals surface area (Å²) in [5.74, 6) is -3.51. The van der Waals surface area contributed by atoms with Crippen LogP contribution in [0.4, 0.5) is 17.6 Å². The minimum Gasteiger partial charge on any atom is -0.491 e. The normalized spacial score (nSPS) is 20.3. The molecule has 0 aliphatic carbocycles. The zero-order valence-corrected chi connectivity index (χ0v) is 16.8. The number of fused-ring (bicyclic) bond motifs is 2. The van der Waals surface area contributed by atoms with Crippen LogP contribution < -0.4 is 9.47 Å². The van der Waals surface area contributed by atoms with E-state index >= 15 is 0 Å². The van der Waals surface area contributed by atoms with E-state index in [-0.39, 0.29) is 61.1 Å². The van der Waals surface area contributed by atoms with Gasteiger partial charge in [-0.15, -0.1) is 0 Å². The van der Waals surface area contributed by atoms with Crippen LogP contribution in [-0.4, -0.2) is 26.0 Å². The number of ether oxygens (including phenoxy) is 3. The van der Waals surface area contributed by atoms with Gasteiger partial charge < -0.3 is 14.2 Å². The highest BCUT2D eigenvalue weighted by Gasteiger charge is 2.32. The summed E-state index contributed by atoms with van der Waals surface area (Å²) in [6.07, 6.45) is 2.56. The van der Waals surface area contributed by atoms with E-state index in [4.69, 9.17) is 14.2 Å². The van der Waals surface area contributed by atoms with Gasteiger partial charge >= 0.3 is 0 Å². The van der Waals surface area contributed by atoms with E-state index in [0.717, 1.165) is 0 Å². The first-order valence-corrected chi connectivity index (χ1v) is 10.3. The molecular formula is C23H24F4O3. The lowest BCUT2D eigenvalue weighted by molar-refractivity contribution is -0.00334. The average molecular weight is 424 g/mol. The van der Waals surface area contributed by atoms with Crippen molar-refractivity contribution in [1.82, 2.24) is 0 Å². The van der Waals surface area contributed by atoms with Crippen LogP contribution in [0.1, 0.15) is 55.2 Å². The minimum atomic E-state index is -1.12. The molecule has 1 saturated heterocycles. The van der Waals surface area contributed by atoms with Crippen molar-refractivity contribution in [3.8, 4) is 17.2 Å². The third-order valence-electron chi connectivity index (χ3n) is 5.76. The lowest BCUT2D eigenvalue weighted by Gasteiger charge is -2.30. The number of halogens is 4. The lowest BCUT2D eigenvalue weighted by atomic mass is 9.87. The minimum absolute atomic E-state index is 0.0128. The summed E-state index contributed by atoms with van der Waals surface area (Å²) in [5, 5.41) is 0. The molecule has 2 heterocycles. The molecule has 7 heteroatoms. The van der Waals surface area contributed by atoms with Crippen LogP contribution in [-0.2, 0) is 11.2 Å². The Kier molecular flexibility index (Phi) is 6.18. The van der Waals surface area contributed by atoms with Gasteiger partial charge in [-0.05, 0) is 50.3 Å². The first kappa shape index (κ1) is 21.0. The van der Waals surface area contributed by atoms with Crippen LogP contribution in [0.2, 0.25) is 0 Å². The predicted molar refractivity (Wildman–Crippen MR) is 104 cm³/mol. The maximum Gasteiger partial charge on any atom is 0.207 e. The van der Waals surface area contributed by atoms with Crippen molar-refractivity contribution in [3.05, 3.63) is 52.3 Å². The molecule has 0 aromatic heterocycles. The highest BCUT2D eigenvalue weighted by Crippen LogP contribution is 2.45. The van der Waals surface area contributed by atoms with Crippen molar-refractivity contribution >= 4 is 0 Å². The van der Waals surface area contributed by atoms with Crippen molar-refractivity contribution in [2.24, 2.45) is 0 Å². The Hall–Kier alpha value is -2.28. The van der Waals surface area contributed by atoms with Crippen LogP contribution in [0.25, 0.3) is 0 Å². The zero-order chi connectivity index (χ0) is 21.3. The van der Waals surface area contributed by atoms with Gasteiger partial charge in [-0.25, -0.2) is 4.39 Å². The van der Waals surface area contributed by atoms with Gasteiger partial charge in [0.25, 0.3) is 0 Å². The molecule has 2 aliphatic heterocycles. The van der Waals surface area contributed by atoms with E-state index in [2.05, 4.69) is 0 Å². The number of rotatable bonds is 6. The van der Waals surface area contributed by atoms with Crippen molar-refractivity contribution < 1.29 is 31.8 Å². The third-order valence-corrected chi connectivity index (χ3v) is 5.76. The Morgan fingerprint density at radius 2 is 1.83 bits per heavy atom. The van der Waals surface area contributed by atoms with Crippen molar-refractivity contribution in [2.45, 2.75) is 51.0 Å². The molecule has 2 aliphatic rings. The summed E-state index contributed by atoms with van der Waals surface area (Å²) < 4.78 is 73.2. The van der Waals surface area contributed by atoms with Gasteiger partial charge in [0.05, 0.1) is 26.0 Å². The molecule has 2 atom stereocenters. The number of hydrogen-bond donors (Lipinski definition) is 0. The second-order valence-corrected chi connectivity index (χ2v) is 7.72. The van der Waals surface area contributed by atoms with Gasteiger partial charge in [0.1, 0.15) is 0 Å². The van der Waals surface area contributed by atoms with Crippen LogP contribution in [0.5, 0.6) is 17.2 Å². The first-order chi connectivity index (χ1) is 14.5. The largest absolute Gasteiger partial charge is 0.491 e.